The fourth-order valence-corrected chi connectivity index (χ4v) is 1.85. The molecule has 0 fully saturated rings. The van der Waals surface area contributed by atoms with Crippen molar-refractivity contribution >= 4 is 5.91 Å². The number of benzene rings is 1. The van der Waals surface area contributed by atoms with Crippen LogP contribution in [0.2, 0.25) is 0 Å². The Morgan fingerprint density at radius 2 is 2.06 bits per heavy atom. The Balaban J connectivity index is 2.39. The van der Waals surface area contributed by atoms with E-state index in [2.05, 4.69) is 19.1 Å². The Morgan fingerprint density at radius 1 is 1.39 bits per heavy atom. The van der Waals surface area contributed by atoms with E-state index in [1.165, 1.54) is 11.1 Å². The molecular formula is C15H24N2O. The zero-order valence-corrected chi connectivity index (χ0v) is 11.6. The molecule has 1 rings (SSSR count). The largest absolute Gasteiger partial charge is 0.346 e. The first-order chi connectivity index (χ1) is 8.50. The van der Waals surface area contributed by atoms with Gasteiger partial charge in [-0.15, -0.1) is 0 Å². The molecule has 1 aromatic carbocycles. The summed E-state index contributed by atoms with van der Waals surface area (Å²) in [6.07, 6.45) is 2.24. The number of nitrogens with zero attached hydrogens (tertiary/aromatic N) is 1. The molecule has 1 unspecified atom stereocenters. The first kappa shape index (κ1) is 14.7. The minimum Gasteiger partial charge on any atom is -0.346 e. The Hall–Kier alpha value is -1.35. The molecule has 2 N–H and O–H groups in total. The highest BCUT2D eigenvalue weighted by Gasteiger charge is 2.09. The van der Waals surface area contributed by atoms with Crippen molar-refractivity contribution in [1.29, 1.82) is 0 Å². The highest BCUT2D eigenvalue weighted by molar-refractivity contribution is 5.76. The average molecular weight is 248 g/mol. The van der Waals surface area contributed by atoms with E-state index in [1.807, 2.05) is 26.1 Å². The van der Waals surface area contributed by atoms with Crippen molar-refractivity contribution in [2.24, 2.45) is 5.73 Å². The van der Waals surface area contributed by atoms with Crippen LogP contribution >= 0.6 is 0 Å². The maximum atomic E-state index is 11.9. The minimum atomic E-state index is 0.150. The molecule has 18 heavy (non-hydrogen) atoms. The maximum Gasteiger partial charge on any atom is 0.222 e. The van der Waals surface area contributed by atoms with Crippen LogP contribution in [-0.4, -0.2) is 30.4 Å². The second kappa shape index (κ2) is 7.17. The lowest BCUT2D eigenvalue weighted by atomic mass is 10.0. The van der Waals surface area contributed by atoms with Gasteiger partial charge in [-0.05, 0) is 37.8 Å². The van der Waals surface area contributed by atoms with Crippen LogP contribution in [0.5, 0.6) is 0 Å². The van der Waals surface area contributed by atoms with Crippen molar-refractivity contribution in [3.8, 4) is 0 Å². The van der Waals surface area contributed by atoms with E-state index < -0.39 is 0 Å². The molecule has 100 valence electrons. The second-order valence-electron chi connectivity index (χ2n) is 5.01. The number of hydrogen-bond acceptors (Lipinski definition) is 2. The van der Waals surface area contributed by atoms with Gasteiger partial charge in [-0.3, -0.25) is 4.79 Å². The molecule has 0 saturated heterocycles. The predicted octanol–water partition coefficient (Wildman–Crippen LogP) is 2.12. The summed E-state index contributed by atoms with van der Waals surface area (Å²) in [5.74, 6) is 0.193. The normalized spacial score (nSPS) is 12.2. The first-order valence-corrected chi connectivity index (χ1v) is 6.54. The first-order valence-electron chi connectivity index (χ1n) is 6.54. The number of carbonyl (C=O) groups excluding carboxylic acids is 1. The highest BCUT2D eigenvalue weighted by atomic mass is 16.2. The van der Waals surface area contributed by atoms with E-state index >= 15 is 0 Å². The van der Waals surface area contributed by atoms with Gasteiger partial charge in [-0.2, -0.15) is 0 Å². The summed E-state index contributed by atoms with van der Waals surface area (Å²) in [5, 5.41) is 0. The molecule has 0 aliphatic heterocycles. The lowest BCUT2D eigenvalue weighted by molar-refractivity contribution is -0.129. The van der Waals surface area contributed by atoms with E-state index in [0.29, 0.717) is 6.42 Å². The molecular weight excluding hydrogens is 224 g/mol. The van der Waals surface area contributed by atoms with Gasteiger partial charge in [0.15, 0.2) is 0 Å². The van der Waals surface area contributed by atoms with Gasteiger partial charge < -0.3 is 10.6 Å². The van der Waals surface area contributed by atoms with E-state index in [9.17, 15) is 4.79 Å². The highest BCUT2D eigenvalue weighted by Crippen LogP contribution is 2.10. The Kier molecular flexibility index (Phi) is 5.86. The van der Waals surface area contributed by atoms with Gasteiger partial charge in [0, 0.05) is 26.1 Å². The third-order valence-electron chi connectivity index (χ3n) is 3.22. The van der Waals surface area contributed by atoms with Crippen LogP contribution in [-0.2, 0) is 11.2 Å². The molecule has 0 radical (unpaired) electrons. The van der Waals surface area contributed by atoms with Gasteiger partial charge in [0.2, 0.25) is 5.91 Å². The SMILES string of the molecule is Cc1ccccc1CCC(=O)N(C)CCC(C)N. The monoisotopic (exact) mass is 248 g/mol. The number of aryl methyl sites for hydroxylation is 2. The molecule has 0 aliphatic carbocycles. The lowest BCUT2D eigenvalue weighted by Crippen LogP contribution is -2.31. The quantitative estimate of drug-likeness (QED) is 0.838. The lowest BCUT2D eigenvalue weighted by Gasteiger charge is -2.18. The Bertz CT molecular complexity index is 388. The van der Waals surface area contributed by atoms with E-state index in [4.69, 9.17) is 5.73 Å². The van der Waals surface area contributed by atoms with E-state index in [-0.39, 0.29) is 11.9 Å². The van der Waals surface area contributed by atoms with E-state index in [0.717, 1.165) is 19.4 Å². The molecule has 1 atom stereocenters. The van der Waals surface area contributed by atoms with Gasteiger partial charge in [-0.25, -0.2) is 0 Å². The summed E-state index contributed by atoms with van der Waals surface area (Å²) in [4.78, 5) is 13.7. The molecule has 1 aromatic rings. The predicted molar refractivity (Wildman–Crippen MR) is 75.4 cm³/mol. The summed E-state index contributed by atoms with van der Waals surface area (Å²) < 4.78 is 0. The van der Waals surface area contributed by atoms with Gasteiger partial charge in [0.1, 0.15) is 0 Å². The summed E-state index contributed by atoms with van der Waals surface area (Å²) in [6.45, 7) is 4.79. The van der Waals surface area contributed by atoms with Crippen molar-refractivity contribution in [3.05, 3.63) is 35.4 Å². The Morgan fingerprint density at radius 3 is 2.67 bits per heavy atom. The van der Waals surface area contributed by atoms with Crippen molar-refractivity contribution in [2.45, 2.75) is 39.2 Å². The van der Waals surface area contributed by atoms with Crippen LogP contribution in [0.4, 0.5) is 0 Å². The summed E-state index contributed by atoms with van der Waals surface area (Å²) >= 11 is 0. The number of carbonyl (C=O) groups is 1. The number of amides is 1. The van der Waals surface area contributed by atoms with Crippen molar-refractivity contribution in [2.75, 3.05) is 13.6 Å². The average Bonchev–Trinajstić information content (AvgIpc) is 2.34. The number of nitrogens with two attached hydrogens (primary N) is 1. The smallest absolute Gasteiger partial charge is 0.222 e. The topological polar surface area (TPSA) is 46.3 Å². The van der Waals surface area contributed by atoms with Crippen molar-refractivity contribution in [1.82, 2.24) is 4.90 Å². The zero-order chi connectivity index (χ0) is 13.5. The second-order valence-corrected chi connectivity index (χ2v) is 5.01. The third kappa shape index (κ3) is 4.88. The fraction of sp³-hybridized carbons (Fsp3) is 0.533. The van der Waals surface area contributed by atoms with Crippen LogP contribution in [0.15, 0.2) is 24.3 Å². The Labute approximate surface area is 110 Å². The van der Waals surface area contributed by atoms with Crippen molar-refractivity contribution < 1.29 is 4.79 Å². The van der Waals surface area contributed by atoms with Crippen LogP contribution < -0.4 is 5.73 Å². The molecule has 0 saturated carbocycles. The molecule has 3 heteroatoms. The van der Waals surface area contributed by atoms with Gasteiger partial charge in [-0.1, -0.05) is 24.3 Å². The summed E-state index contributed by atoms with van der Waals surface area (Å²) in [6, 6.07) is 8.36. The zero-order valence-electron chi connectivity index (χ0n) is 11.6. The molecule has 3 nitrogen and oxygen atoms in total. The summed E-state index contributed by atoms with van der Waals surface area (Å²) in [7, 11) is 1.85. The van der Waals surface area contributed by atoms with Crippen LogP contribution in [0.25, 0.3) is 0 Å². The van der Waals surface area contributed by atoms with Gasteiger partial charge in [0.25, 0.3) is 0 Å². The molecule has 0 bridgehead atoms. The molecule has 0 heterocycles. The minimum absolute atomic E-state index is 0.150. The number of rotatable bonds is 6. The van der Waals surface area contributed by atoms with Crippen molar-refractivity contribution in [3.63, 3.8) is 0 Å². The van der Waals surface area contributed by atoms with Gasteiger partial charge in [0.05, 0.1) is 0 Å². The molecule has 0 aliphatic rings. The van der Waals surface area contributed by atoms with Gasteiger partial charge >= 0.3 is 0 Å². The van der Waals surface area contributed by atoms with Crippen LogP contribution in [0.1, 0.15) is 30.9 Å². The standard InChI is InChI=1S/C15H24N2O/c1-12-6-4-5-7-14(12)8-9-15(18)17(3)11-10-13(2)16/h4-7,13H,8-11,16H2,1-3H3. The third-order valence-corrected chi connectivity index (χ3v) is 3.22. The molecule has 1 amide bonds. The van der Waals surface area contributed by atoms with Crippen LogP contribution in [0, 0.1) is 6.92 Å². The van der Waals surface area contributed by atoms with E-state index in [1.54, 1.807) is 4.90 Å². The fourth-order valence-electron chi connectivity index (χ4n) is 1.85. The maximum absolute atomic E-state index is 11.9. The van der Waals surface area contributed by atoms with Crippen LogP contribution in [0.3, 0.4) is 0 Å². The molecule has 0 spiro atoms. The summed E-state index contributed by atoms with van der Waals surface area (Å²) in [5.41, 5.74) is 8.20. The molecule has 0 aromatic heterocycles. The number of hydrogen-bond donors (Lipinski definition) is 1.